The van der Waals surface area contributed by atoms with Crippen molar-refractivity contribution in [3.8, 4) is 11.5 Å². The Kier molecular flexibility index (Phi) is 5.86. The van der Waals surface area contributed by atoms with Gasteiger partial charge >= 0.3 is 11.9 Å². The molecule has 6 heteroatoms. The van der Waals surface area contributed by atoms with Crippen molar-refractivity contribution in [2.24, 2.45) is 0 Å². The van der Waals surface area contributed by atoms with Gasteiger partial charge in [0.05, 0.1) is 24.3 Å². The quantitative estimate of drug-likeness (QED) is 0.584. The number of methoxy groups -OCH3 is 1. The highest BCUT2D eigenvalue weighted by Crippen LogP contribution is 2.18. The number of benzene rings is 2. The van der Waals surface area contributed by atoms with Crippen LogP contribution in [0.5, 0.6) is 11.5 Å². The zero-order valence-corrected chi connectivity index (χ0v) is 14.5. The molecule has 6 nitrogen and oxygen atoms in total. The molecule has 0 aromatic heterocycles. The van der Waals surface area contributed by atoms with Gasteiger partial charge in [0.1, 0.15) is 18.1 Å². The van der Waals surface area contributed by atoms with Crippen LogP contribution in [0.2, 0.25) is 0 Å². The molecule has 1 aliphatic rings. The number of hydrogen-bond acceptors (Lipinski definition) is 6. The number of esters is 2. The van der Waals surface area contributed by atoms with E-state index in [-0.39, 0.29) is 6.10 Å². The molecule has 0 aliphatic carbocycles. The monoisotopic (exact) mass is 356 g/mol. The zero-order valence-electron chi connectivity index (χ0n) is 14.5. The average molecular weight is 356 g/mol. The third-order valence-electron chi connectivity index (χ3n) is 4.04. The summed E-state index contributed by atoms with van der Waals surface area (Å²) in [5.41, 5.74) is 0.798. The number of hydrogen-bond donors (Lipinski definition) is 0. The van der Waals surface area contributed by atoms with E-state index < -0.39 is 11.9 Å². The Bertz CT molecular complexity index is 745. The fourth-order valence-corrected chi connectivity index (χ4v) is 2.60. The summed E-state index contributed by atoms with van der Waals surface area (Å²) < 4.78 is 21.1. The second-order valence-corrected chi connectivity index (χ2v) is 5.88. The van der Waals surface area contributed by atoms with Gasteiger partial charge in [0, 0.05) is 6.61 Å². The average Bonchev–Trinajstić information content (AvgIpc) is 3.20. The molecule has 0 spiro atoms. The molecule has 0 bridgehead atoms. The van der Waals surface area contributed by atoms with Crippen molar-refractivity contribution in [2.75, 3.05) is 20.3 Å². The van der Waals surface area contributed by atoms with E-state index in [4.69, 9.17) is 14.2 Å². The van der Waals surface area contributed by atoms with Crippen molar-refractivity contribution in [2.45, 2.75) is 18.9 Å². The molecule has 1 aliphatic heterocycles. The van der Waals surface area contributed by atoms with Crippen LogP contribution in [0.4, 0.5) is 0 Å². The molecule has 1 saturated heterocycles. The summed E-state index contributed by atoms with van der Waals surface area (Å²) >= 11 is 0. The molecule has 3 rings (SSSR count). The Hall–Kier alpha value is -2.86. The number of carbonyl (C=O) groups excluding carboxylic acids is 2. The van der Waals surface area contributed by atoms with Crippen LogP contribution in [0.15, 0.2) is 48.5 Å². The minimum atomic E-state index is -0.485. The van der Waals surface area contributed by atoms with Gasteiger partial charge in [0.15, 0.2) is 0 Å². The molecule has 0 N–H and O–H groups in total. The van der Waals surface area contributed by atoms with Gasteiger partial charge in [-0.3, -0.25) is 0 Å². The third-order valence-corrected chi connectivity index (χ3v) is 4.04. The molecular formula is C20H20O6. The molecule has 1 atom stereocenters. The molecule has 0 saturated carbocycles. The smallest absolute Gasteiger partial charge is 0.343 e. The van der Waals surface area contributed by atoms with Crippen LogP contribution in [0.1, 0.15) is 33.6 Å². The lowest BCUT2D eigenvalue weighted by Gasteiger charge is -2.11. The maximum Gasteiger partial charge on any atom is 0.343 e. The summed E-state index contributed by atoms with van der Waals surface area (Å²) in [4.78, 5) is 23.6. The van der Waals surface area contributed by atoms with Crippen LogP contribution < -0.4 is 9.47 Å². The highest BCUT2D eigenvalue weighted by Gasteiger charge is 2.16. The standard InChI is InChI=1S/C20H20O6/c1-23-19(21)14-6-10-17(11-7-14)26-20(22)15-4-8-16(9-5-15)25-13-18-3-2-12-24-18/h4-11,18H,2-3,12-13H2,1H3. The first-order chi connectivity index (χ1) is 12.7. The van der Waals surface area contributed by atoms with Crippen LogP contribution in [-0.4, -0.2) is 38.4 Å². The van der Waals surface area contributed by atoms with Gasteiger partial charge in [-0.1, -0.05) is 0 Å². The van der Waals surface area contributed by atoms with E-state index in [1.165, 1.54) is 19.2 Å². The van der Waals surface area contributed by atoms with Crippen LogP contribution in [0.3, 0.4) is 0 Å². The summed E-state index contributed by atoms with van der Waals surface area (Å²) in [5.74, 6) is 0.101. The molecule has 1 unspecified atom stereocenters. The highest BCUT2D eigenvalue weighted by molar-refractivity contribution is 5.92. The zero-order chi connectivity index (χ0) is 18.4. The Morgan fingerprint density at radius 2 is 1.58 bits per heavy atom. The topological polar surface area (TPSA) is 71.1 Å². The van der Waals surface area contributed by atoms with Gasteiger partial charge in [-0.15, -0.1) is 0 Å². The van der Waals surface area contributed by atoms with E-state index in [9.17, 15) is 9.59 Å². The Morgan fingerprint density at radius 3 is 2.15 bits per heavy atom. The van der Waals surface area contributed by atoms with Crippen LogP contribution in [-0.2, 0) is 9.47 Å². The van der Waals surface area contributed by atoms with Crippen molar-refractivity contribution in [3.05, 3.63) is 59.7 Å². The van der Waals surface area contributed by atoms with Gasteiger partial charge in [-0.2, -0.15) is 0 Å². The summed E-state index contributed by atoms with van der Waals surface area (Å²) in [7, 11) is 1.31. The van der Waals surface area contributed by atoms with Crippen molar-refractivity contribution < 1.29 is 28.5 Å². The Labute approximate surface area is 151 Å². The molecular weight excluding hydrogens is 336 g/mol. The number of carbonyl (C=O) groups is 2. The second-order valence-electron chi connectivity index (χ2n) is 5.88. The van der Waals surface area contributed by atoms with E-state index in [2.05, 4.69) is 4.74 Å². The Balaban J connectivity index is 1.54. The number of ether oxygens (including phenoxy) is 4. The van der Waals surface area contributed by atoms with Gasteiger partial charge < -0.3 is 18.9 Å². The summed E-state index contributed by atoms with van der Waals surface area (Å²) in [5, 5.41) is 0. The summed E-state index contributed by atoms with van der Waals surface area (Å²) in [6, 6.07) is 12.9. The molecule has 2 aromatic rings. The molecule has 2 aromatic carbocycles. The first-order valence-electron chi connectivity index (χ1n) is 8.41. The first kappa shape index (κ1) is 17.9. The maximum absolute atomic E-state index is 12.2. The molecule has 136 valence electrons. The van der Waals surface area contributed by atoms with E-state index in [0.717, 1.165) is 19.4 Å². The third kappa shape index (κ3) is 4.61. The molecule has 0 amide bonds. The lowest BCUT2D eigenvalue weighted by molar-refractivity contribution is 0.0600. The van der Waals surface area contributed by atoms with Crippen LogP contribution in [0, 0.1) is 0 Å². The summed E-state index contributed by atoms with van der Waals surface area (Å²) in [6.45, 7) is 1.30. The van der Waals surface area contributed by atoms with E-state index in [1.807, 2.05) is 0 Å². The fourth-order valence-electron chi connectivity index (χ4n) is 2.60. The van der Waals surface area contributed by atoms with E-state index in [0.29, 0.717) is 29.2 Å². The minimum absolute atomic E-state index is 0.146. The molecule has 0 radical (unpaired) electrons. The second kappa shape index (κ2) is 8.49. The minimum Gasteiger partial charge on any atom is -0.491 e. The van der Waals surface area contributed by atoms with Crippen LogP contribution in [0.25, 0.3) is 0 Å². The predicted molar refractivity (Wildman–Crippen MR) is 93.7 cm³/mol. The van der Waals surface area contributed by atoms with E-state index in [1.54, 1.807) is 36.4 Å². The SMILES string of the molecule is COC(=O)c1ccc(OC(=O)c2ccc(OCC3CCCO3)cc2)cc1. The highest BCUT2D eigenvalue weighted by atomic mass is 16.5. The van der Waals surface area contributed by atoms with E-state index >= 15 is 0 Å². The fraction of sp³-hybridized carbons (Fsp3) is 0.300. The largest absolute Gasteiger partial charge is 0.491 e. The van der Waals surface area contributed by atoms with Gasteiger partial charge in [0.25, 0.3) is 0 Å². The number of rotatable bonds is 6. The van der Waals surface area contributed by atoms with Crippen LogP contribution >= 0.6 is 0 Å². The lowest BCUT2D eigenvalue weighted by Crippen LogP contribution is -2.16. The Morgan fingerprint density at radius 1 is 0.962 bits per heavy atom. The maximum atomic E-state index is 12.2. The summed E-state index contributed by atoms with van der Waals surface area (Å²) in [6.07, 6.45) is 2.23. The molecule has 1 heterocycles. The normalized spacial score (nSPS) is 16.1. The first-order valence-corrected chi connectivity index (χ1v) is 8.41. The van der Waals surface area contributed by atoms with Crippen molar-refractivity contribution >= 4 is 11.9 Å². The lowest BCUT2D eigenvalue weighted by atomic mass is 10.2. The van der Waals surface area contributed by atoms with Gasteiger partial charge in [-0.05, 0) is 61.4 Å². The van der Waals surface area contributed by atoms with Crippen molar-refractivity contribution in [1.29, 1.82) is 0 Å². The predicted octanol–water partition coefficient (Wildman–Crippen LogP) is 3.25. The molecule has 1 fully saturated rings. The van der Waals surface area contributed by atoms with Gasteiger partial charge in [0.2, 0.25) is 0 Å². The van der Waals surface area contributed by atoms with Crippen molar-refractivity contribution in [3.63, 3.8) is 0 Å². The van der Waals surface area contributed by atoms with Gasteiger partial charge in [-0.25, -0.2) is 9.59 Å². The molecule has 26 heavy (non-hydrogen) atoms. The van der Waals surface area contributed by atoms with Crippen molar-refractivity contribution in [1.82, 2.24) is 0 Å².